The zero-order chi connectivity index (χ0) is 12.4. The third kappa shape index (κ3) is 1.22. The molecule has 3 aliphatic carbocycles. The van der Waals surface area contributed by atoms with Crippen molar-refractivity contribution in [2.24, 2.45) is 30.7 Å². The number of hydrogen-bond acceptors (Lipinski definition) is 3. The number of hydrogen-bond donors (Lipinski definition) is 2. The van der Waals surface area contributed by atoms with Crippen LogP contribution >= 0.6 is 0 Å². The van der Waals surface area contributed by atoms with E-state index in [0.717, 1.165) is 23.7 Å². The number of anilines is 1. The monoisotopic (exact) mass is 246 g/mol. The van der Waals surface area contributed by atoms with Crippen molar-refractivity contribution in [2.75, 3.05) is 5.73 Å². The minimum Gasteiger partial charge on any atom is -0.396 e. The van der Waals surface area contributed by atoms with E-state index in [-0.39, 0.29) is 5.91 Å². The van der Waals surface area contributed by atoms with Gasteiger partial charge in [0.25, 0.3) is 5.91 Å². The van der Waals surface area contributed by atoms with Gasteiger partial charge in [-0.2, -0.15) is 5.10 Å². The molecule has 3 fully saturated rings. The van der Waals surface area contributed by atoms with E-state index in [0.29, 0.717) is 17.4 Å². The molecule has 0 aromatic carbocycles. The van der Waals surface area contributed by atoms with E-state index >= 15 is 0 Å². The van der Waals surface area contributed by atoms with Crippen LogP contribution in [-0.4, -0.2) is 21.7 Å². The summed E-state index contributed by atoms with van der Waals surface area (Å²) in [5, 5.41) is 7.17. The first-order valence-electron chi connectivity index (χ1n) is 6.75. The van der Waals surface area contributed by atoms with E-state index in [1.165, 1.54) is 25.5 Å². The summed E-state index contributed by atoms with van der Waals surface area (Å²) >= 11 is 0. The van der Waals surface area contributed by atoms with Crippen molar-refractivity contribution in [1.29, 1.82) is 0 Å². The summed E-state index contributed by atoms with van der Waals surface area (Å²) in [5.41, 5.74) is 6.73. The Bertz CT molecular complexity index is 488. The highest BCUT2D eigenvalue weighted by atomic mass is 16.2. The Kier molecular flexibility index (Phi) is 1.89. The highest BCUT2D eigenvalue weighted by Crippen LogP contribution is 2.65. The van der Waals surface area contributed by atoms with Crippen molar-refractivity contribution in [2.45, 2.75) is 25.3 Å². The standard InChI is InChI=1S/C13H18N4O/c1-17-12(8(14)5-15-17)13(18)16-11-9-6-2-3-7(4-6)10(9)11/h5-7,9-11H,2-4,14H2,1H3,(H,16,18). The number of nitrogens with one attached hydrogen (secondary N) is 1. The van der Waals surface area contributed by atoms with Gasteiger partial charge in [0.2, 0.25) is 0 Å². The van der Waals surface area contributed by atoms with E-state index in [9.17, 15) is 4.79 Å². The van der Waals surface area contributed by atoms with Crippen LogP contribution < -0.4 is 11.1 Å². The van der Waals surface area contributed by atoms with Gasteiger partial charge in [0, 0.05) is 13.1 Å². The maximum Gasteiger partial charge on any atom is 0.271 e. The topological polar surface area (TPSA) is 72.9 Å². The van der Waals surface area contributed by atoms with Crippen LogP contribution in [0.15, 0.2) is 6.20 Å². The van der Waals surface area contributed by atoms with Gasteiger partial charge < -0.3 is 11.1 Å². The number of amides is 1. The molecule has 3 N–H and O–H groups in total. The third-order valence-electron chi connectivity index (χ3n) is 5.22. The number of rotatable bonds is 2. The van der Waals surface area contributed by atoms with Crippen LogP contribution in [0.5, 0.6) is 0 Å². The van der Waals surface area contributed by atoms with Crippen LogP contribution in [0.3, 0.4) is 0 Å². The maximum absolute atomic E-state index is 12.2. The summed E-state index contributed by atoms with van der Waals surface area (Å²) in [6.45, 7) is 0. The van der Waals surface area contributed by atoms with Crippen LogP contribution in [-0.2, 0) is 7.05 Å². The quantitative estimate of drug-likeness (QED) is 0.809. The summed E-state index contributed by atoms with van der Waals surface area (Å²) in [4.78, 5) is 12.2. The van der Waals surface area contributed by atoms with Crippen molar-refractivity contribution in [1.82, 2.24) is 15.1 Å². The van der Waals surface area contributed by atoms with Crippen molar-refractivity contribution in [3.05, 3.63) is 11.9 Å². The maximum atomic E-state index is 12.2. The third-order valence-corrected chi connectivity index (χ3v) is 5.22. The average molecular weight is 246 g/mol. The fraction of sp³-hybridized carbons (Fsp3) is 0.692. The van der Waals surface area contributed by atoms with Gasteiger partial charge >= 0.3 is 0 Å². The number of carbonyl (C=O) groups is 1. The van der Waals surface area contributed by atoms with E-state index in [1.807, 2.05) is 0 Å². The van der Waals surface area contributed by atoms with Crippen molar-refractivity contribution in [3.8, 4) is 0 Å². The summed E-state index contributed by atoms with van der Waals surface area (Å²) in [6, 6.07) is 0.401. The van der Waals surface area contributed by atoms with E-state index in [2.05, 4.69) is 10.4 Å². The lowest BCUT2D eigenvalue weighted by molar-refractivity contribution is 0.0935. The lowest BCUT2D eigenvalue weighted by Crippen LogP contribution is -2.31. The first-order valence-corrected chi connectivity index (χ1v) is 6.75. The fourth-order valence-corrected chi connectivity index (χ4v) is 4.47. The van der Waals surface area contributed by atoms with Gasteiger partial charge in [-0.05, 0) is 42.9 Å². The number of nitrogens with two attached hydrogens (primary N) is 1. The predicted molar refractivity (Wildman–Crippen MR) is 66.7 cm³/mol. The van der Waals surface area contributed by atoms with Crippen molar-refractivity contribution < 1.29 is 4.79 Å². The molecule has 5 heteroatoms. The molecule has 0 spiro atoms. The second kappa shape index (κ2) is 3.28. The fourth-order valence-electron chi connectivity index (χ4n) is 4.47. The van der Waals surface area contributed by atoms with E-state index < -0.39 is 0 Å². The van der Waals surface area contributed by atoms with Gasteiger partial charge in [0.1, 0.15) is 5.69 Å². The highest BCUT2D eigenvalue weighted by Gasteiger charge is 2.65. The number of aryl methyl sites for hydroxylation is 1. The number of aromatic nitrogens is 2. The summed E-state index contributed by atoms with van der Waals surface area (Å²) in [6.07, 6.45) is 5.67. The Balaban J connectivity index is 1.49. The molecule has 1 amide bonds. The van der Waals surface area contributed by atoms with Crippen LogP contribution in [0.4, 0.5) is 5.69 Å². The second-order valence-corrected chi connectivity index (χ2v) is 6.06. The lowest BCUT2D eigenvalue weighted by atomic mass is 10.0. The Morgan fingerprint density at radius 1 is 1.44 bits per heavy atom. The smallest absolute Gasteiger partial charge is 0.271 e. The molecule has 0 saturated heterocycles. The SMILES string of the molecule is Cn1ncc(N)c1C(=O)NC1C2C3CCC(C3)C12. The minimum absolute atomic E-state index is 0.0636. The molecule has 18 heavy (non-hydrogen) atoms. The number of carbonyl (C=O) groups excluding carboxylic acids is 1. The highest BCUT2D eigenvalue weighted by molar-refractivity contribution is 5.97. The number of nitrogen functional groups attached to an aromatic ring is 1. The molecule has 1 aromatic rings. The van der Waals surface area contributed by atoms with E-state index in [4.69, 9.17) is 5.73 Å². The summed E-state index contributed by atoms with van der Waals surface area (Å²) < 4.78 is 1.55. The molecule has 4 unspecified atom stereocenters. The predicted octanol–water partition coefficient (Wildman–Crippen LogP) is 0.777. The molecule has 3 aliphatic rings. The molecule has 1 heterocycles. The molecule has 2 bridgehead atoms. The molecular weight excluding hydrogens is 228 g/mol. The van der Waals surface area contributed by atoms with Crippen LogP contribution in [0, 0.1) is 23.7 Å². The first kappa shape index (κ1) is 10.4. The Labute approximate surface area is 106 Å². The molecule has 3 saturated carbocycles. The van der Waals surface area contributed by atoms with Gasteiger partial charge in [-0.3, -0.25) is 9.48 Å². The summed E-state index contributed by atoms with van der Waals surface area (Å²) in [7, 11) is 1.75. The second-order valence-electron chi connectivity index (χ2n) is 6.06. The molecule has 1 aromatic heterocycles. The molecule has 5 nitrogen and oxygen atoms in total. The minimum atomic E-state index is -0.0636. The van der Waals surface area contributed by atoms with Gasteiger partial charge in [-0.25, -0.2) is 0 Å². The zero-order valence-corrected chi connectivity index (χ0v) is 10.5. The summed E-state index contributed by atoms with van der Waals surface area (Å²) in [5.74, 6) is 3.18. The van der Waals surface area contributed by atoms with E-state index in [1.54, 1.807) is 11.7 Å². The van der Waals surface area contributed by atoms with Crippen LogP contribution in [0.2, 0.25) is 0 Å². The van der Waals surface area contributed by atoms with Gasteiger partial charge in [0.05, 0.1) is 11.9 Å². The molecule has 96 valence electrons. The largest absolute Gasteiger partial charge is 0.396 e. The lowest BCUT2D eigenvalue weighted by Gasteiger charge is -2.11. The number of nitrogens with zero attached hydrogens (tertiary/aromatic N) is 2. The number of fused-ring (bicyclic) bond motifs is 5. The van der Waals surface area contributed by atoms with Crippen molar-refractivity contribution >= 4 is 11.6 Å². The Morgan fingerprint density at radius 2 is 2.11 bits per heavy atom. The van der Waals surface area contributed by atoms with Crippen LogP contribution in [0.1, 0.15) is 29.8 Å². The Hall–Kier alpha value is -1.52. The molecular formula is C13H18N4O. The first-order chi connectivity index (χ1) is 8.66. The molecule has 4 atom stereocenters. The Morgan fingerprint density at radius 3 is 2.67 bits per heavy atom. The van der Waals surface area contributed by atoms with Gasteiger partial charge in [-0.1, -0.05) is 0 Å². The molecule has 0 radical (unpaired) electrons. The van der Waals surface area contributed by atoms with Gasteiger partial charge in [-0.15, -0.1) is 0 Å². The van der Waals surface area contributed by atoms with Crippen molar-refractivity contribution in [3.63, 3.8) is 0 Å². The molecule has 4 rings (SSSR count). The van der Waals surface area contributed by atoms with Crippen LogP contribution in [0.25, 0.3) is 0 Å². The zero-order valence-electron chi connectivity index (χ0n) is 10.5. The average Bonchev–Trinajstić information content (AvgIpc) is 2.70. The van der Waals surface area contributed by atoms with Gasteiger partial charge in [0.15, 0.2) is 0 Å². The normalized spacial score (nSPS) is 39.7. The molecule has 0 aliphatic heterocycles.